The first-order chi connectivity index (χ1) is 7.66. The first-order valence-corrected chi connectivity index (χ1v) is 7.11. The van der Waals surface area contributed by atoms with Crippen LogP contribution >= 0.6 is 0 Å². The van der Waals surface area contributed by atoms with Gasteiger partial charge in [-0.3, -0.25) is 0 Å². The van der Waals surface area contributed by atoms with Gasteiger partial charge in [-0.25, -0.2) is 0 Å². The van der Waals surface area contributed by atoms with E-state index < -0.39 is 0 Å². The van der Waals surface area contributed by atoms with Crippen molar-refractivity contribution in [2.24, 2.45) is 11.8 Å². The van der Waals surface area contributed by atoms with Gasteiger partial charge in [0, 0.05) is 12.1 Å². The quantitative estimate of drug-likeness (QED) is 0.757. The van der Waals surface area contributed by atoms with Crippen LogP contribution in [-0.2, 0) is 0 Å². The third-order valence-electron chi connectivity index (χ3n) is 4.62. The fourth-order valence-electron chi connectivity index (χ4n) is 3.35. The molecule has 0 bridgehead atoms. The molecule has 5 unspecified atom stereocenters. The van der Waals surface area contributed by atoms with Crippen molar-refractivity contribution in [2.75, 3.05) is 0 Å². The van der Waals surface area contributed by atoms with Gasteiger partial charge in [-0.15, -0.1) is 0 Å². The van der Waals surface area contributed by atoms with Crippen LogP contribution in [0.4, 0.5) is 0 Å². The molecule has 0 aromatic carbocycles. The molecule has 2 rings (SSSR count). The van der Waals surface area contributed by atoms with Crippen molar-refractivity contribution in [1.29, 1.82) is 0 Å². The minimum atomic E-state index is -0.0989. The van der Waals surface area contributed by atoms with Gasteiger partial charge < -0.3 is 10.4 Å². The van der Waals surface area contributed by atoms with Crippen molar-refractivity contribution in [2.45, 2.75) is 77.0 Å². The monoisotopic (exact) mass is 225 g/mol. The van der Waals surface area contributed by atoms with Gasteiger partial charge in [0.2, 0.25) is 0 Å². The zero-order valence-electron chi connectivity index (χ0n) is 10.8. The molecule has 2 nitrogen and oxygen atoms in total. The number of nitrogens with one attached hydrogen (secondary N) is 1. The van der Waals surface area contributed by atoms with Crippen LogP contribution < -0.4 is 5.32 Å². The summed E-state index contributed by atoms with van der Waals surface area (Å²) in [6, 6.07) is 1.01. The highest BCUT2D eigenvalue weighted by Gasteiger charge is 2.30. The Balaban J connectivity index is 1.86. The standard InChI is InChI=1S/C14H27NO/c1-10-7-8-11(2)13(9-10)15-12-5-3-4-6-14(12)16/h10-16H,3-9H2,1-2H3. The van der Waals surface area contributed by atoms with E-state index >= 15 is 0 Å². The van der Waals surface area contributed by atoms with Gasteiger partial charge in [0.05, 0.1) is 6.10 Å². The molecule has 0 spiro atoms. The second-order valence-corrected chi connectivity index (χ2v) is 6.13. The van der Waals surface area contributed by atoms with Crippen molar-refractivity contribution >= 4 is 0 Å². The Morgan fingerprint density at radius 1 is 0.938 bits per heavy atom. The Morgan fingerprint density at radius 2 is 1.69 bits per heavy atom. The SMILES string of the molecule is CC1CCC(C)C(NC2CCCCC2O)C1. The smallest absolute Gasteiger partial charge is 0.0693 e. The summed E-state index contributed by atoms with van der Waals surface area (Å²) in [5.74, 6) is 1.64. The topological polar surface area (TPSA) is 32.3 Å². The maximum Gasteiger partial charge on any atom is 0.0693 e. The van der Waals surface area contributed by atoms with Crippen LogP contribution in [-0.4, -0.2) is 23.3 Å². The van der Waals surface area contributed by atoms with Crippen LogP contribution in [0.25, 0.3) is 0 Å². The third kappa shape index (κ3) is 2.98. The Kier molecular flexibility index (Phi) is 4.26. The summed E-state index contributed by atoms with van der Waals surface area (Å²) in [6.45, 7) is 4.72. The highest BCUT2D eigenvalue weighted by Crippen LogP contribution is 2.30. The Bertz CT molecular complexity index is 219. The van der Waals surface area contributed by atoms with Gasteiger partial charge >= 0.3 is 0 Å². The molecule has 5 atom stereocenters. The van der Waals surface area contributed by atoms with Gasteiger partial charge in [-0.05, 0) is 37.5 Å². The van der Waals surface area contributed by atoms with E-state index in [0.717, 1.165) is 18.3 Å². The summed E-state index contributed by atoms with van der Waals surface area (Å²) in [4.78, 5) is 0. The lowest BCUT2D eigenvalue weighted by molar-refractivity contribution is 0.0721. The van der Waals surface area contributed by atoms with Gasteiger partial charge in [0.1, 0.15) is 0 Å². The minimum Gasteiger partial charge on any atom is -0.392 e. The van der Waals surface area contributed by atoms with Crippen LogP contribution in [0.2, 0.25) is 0 Å². The summed E-state index contributed by atoms with van der Waals surface area (Å²) < 4.78 is 0. The van der Waals surface area contributed by atoms with Crippen molar-refractivity contribution in [3.8, 4) is 0 Å². The van der Waals surface area contributed by atoms with Crippen molar-refractivity contribution in [3.63, 3.8) is 0 Å². The van der Waals surface area contributed by atoms with Crippen molar-refractivity contribution in [1.82, 2.24) is 5.32 Å². The van der Waals surface area contributed by atoms with E-state index in [2.05, 4.69) is 19.2 Å². The summed E-state index contributed by atoms with van der Waals surface area (Å²) in [6.07, 6.45) is 8.57. The first-order valence-electron chi connectivity index (χ1n) is 7.11. The van der Waals surface area contributed by atoms with Crippen LogP contribution in [0.1, 0.15) is 58.8 Å². The van der Waals surface area contributed by atoms with E-state index in [4.69, 9.17) is 0 Å². The average molecular weight is 225 g/mol. The van der Waals surface area contributed by atoms with E-state index in [1.54, 1.807) is 0 Å². The van der Waals surface area contributed by atoms with Crippen LogP contribution in [0.3, 0.4) is 0 Å². The molecule has 2 fully saturated rings. The molecule has 0 heterocycles. The third-order valence-corrected chi connectivity index (χ3v) is 4.62. The number of aliphatic hydroxyl groups is 1. The predicted octanol–water partition coefficient (Wildman–Crippen LogP) is 2.70. The van der Waals surface area contributed by atoms with Gasteiger partial charge in [0.25, 0.3) is 0 Å². The van der Waals surface area contributed by atoms with Crippen molar-refractivity contribution in [3.05, 3.63) is 0 Å². The molecule has 0 aromatic heterocycles. The van der Waals surface area contributed by atoms with E-state index in [-0.39, 0.29) is 6.10 Å². The van der Waals surface area contributed by atoms with Gasteiger partial charge in [0.15, 0.2) is 0 Å². The minimum absolute atomic E-state index is 0.0989. The zero-order valence-corrected chi connectivity index (χ0v) is 10.8. The number of aliphatic hydroxyl groups excluding tert-OH is 1. The molecule has 2 saturated carbocycles. The molecule has 16 heavy (non-hydrogen) atoms. The molecular formula is C14H27NO. The highest BCUT2D eigenvalue weighted by atomic mass is 16.3. The zero-order chi connectivity index (χ0) is 11.5. The summed E-state index contributed by atoms with van der Waals surface area (Å²) in [7, 11) is 0. The average Bonchev–Trinajstić information content (AvgIpc) is 2.27. The molecular weight excluding hydrogens is 198 g/mol. The van der Waals surface area contributed by atoms with Gasteiger partial charge in [-0.1, -0.05) is 33.1 Å². The number of hydrogen-bond acceptors (Lipinski definition) is 2. The molecule has 2 aliphatic carbocycles. The van der Waals surface area contributed by atoms with Gasteiger partial charge in [-0.2, -0.15) is 0 Å². The largest absolute Gasteiger partial charge is 0.392 e. The van der Waals surface area contributed by atoms with E-state index in [1.165, 1.54) is 38.5 Å². The first kappa shape index (κ1) is 12.4. The molecule has 0 saturated heterocycles. The van der Waals surface area contributed by atoms with Crippen LogP contribution in [0, 0.1) is 11.8 Å². The number of hydrogen-bond donors (Lipinski definition) is 2. The molecule has 0 amide bonds. The van der Waals surface area contributed by atoms with E-state index in [0.29, 0.717) is 12.1 Å². The van der Waals surface area contributed by atoms with Crippen LogP contribution in [0.5, 0.6) is 0 Å². The molecule has 0 radical (unpaired) electrons. The normalized spacial score (nSPS) is 45.6. The Hall–Kier alpha value is -0.0800. The molecule has 0 aromatic rings. The molecule has 2 N–H and O–H groups in total. The predicted molar refractivity (Wildman–Crippen MR) is 67.4 cm³/mol. The van der Waals surface area contributed by atoms with Crippen molar-refractivity contribution < 1.29 is 5.11 Å². The fourth-order valence-corrected chi connectivity index (χ4v) is 3.35. The Morgan fingerprint density at radius 3 is 2.44 bits per heavy atom. The lowest BCUT2D eigenvalue weighted by atomic mass is 9.79. The highest BCUT2D eigenvalue weighted by molar-refractivity contribution is 4.88. The lowest BCUT2D eigenvalue weighted by Crippen LogP contribution is -2.50. The summed E-state index contributed by atoms with van der Waals surface area (Å²) in [5, 5.41) is 13.7. The molecule has 0 aliphatic heterocycles. The maximum absolute atomic E-state index is 9.99. The molecule has 94 valence electrons. The summed E-state index contributed by atoms with van der Waals surface area (Å²) >= 11 is 0. The Labute approximate surface area is 99.8 Å². The molecule has 2 heteroatoms. The van der Waals surface area contributed by atoms with E-state index in [9.17, 15) is 5.11 Å². The van der Waals surface area contributed by atoms with Crippen LogP contribution in [0.15, 0.2) is 0 Å². The summed E-state index contributed by atoms with van der Waals surface area (Å²) in [5.41, 5.74) is 0. The maximum atomic E-state index is 9.99. The lowest BCUT2D eigenvalue weighted by Gasteiger charge is -2.38. The fraction of sp³-hybridized carbons (Fsp3) is 1.00. The van der Waals surface area contributed by atoms with E-state index in [1.807, 2.05) is 0 Å². The second kappa shape index (κ2) is 5.50. The number of rotatable bonds is 2. The second-order valence-electron chi connectivity index (χ2n) is 6.13. The molecule has 2 aliphatic rings.